The van der Waals surface area contributed by atoms with Crippen molar-refractivity contribution >= 4 is 5.91 Å². The molecule has 2 aliphatic rings. The van der Waals surface area contributed by atoms with E-state index in [-0.39, 0.29) is 5.91 Å². The fourth-order valence-electron chi connectivity index (χ4n) is 3.78. The number of rotatable bonds is 3. The number of hydrogen-bond donors (Lipinski definition) is 1. The Morgan fingerprint density at radius 3 is 2.43 bits per heavy atom. The Morgan fingerprint density at radius 2 is 1.74 bits per heavy atom. The van der Waals surface area contributed by atoms with Gasteiger partial charge in [0.2, 0.25) is 0 Å². The van der Waals surface area contributed by atoms with E-state index in [0.717, 1.165) is 50.1 Å². The topological polar surface area (TPSA) is 43.8 Å². The van der Waals surface area contributed by atoms with Crippen LogP contribution in [0.1, 0.15) is 48.0 Å². The van der Waals surface area contributed by atoms with Gasteiger partial charge in [0.15, 0.2) is 0 Å². The van der Waals surface area contributed by atoms with E-state index in [1.165, 1.54) is 12.8 Å². The Kier molecular flexibility index (Phi) is 5.02. The zero-order chi connectivity index (χ0) is 16.3. The number of carbonyl (C=O) groups is 1. The Bertz CT molecular complexity index is 537. The van der Waals surface area contributed by atoms with Crippen LogP contribution in [0.25, 0.3) is 0 Å². The molecule has 126 valence electrons. The lowest BCUT2D eigenvalue weighted by atomic mass is 9.94. The summed E-state index contributed by atoms with van der Waals surface area (Å²) in [5, 5.41) is 10.9. The molecule has 2 fully saturated rings. The summed E-state index contributed by atoms with van der Waals surface area (Å²) < 4.78 is 0. The molecule has 23 heavy (non-hydrogen) atoms. The highest BCUT2D eigenvalue weighted by Gasteiger charge is 2.34. The zero-order valence-electron chi connectivity index (χ0n) is 14.1. The van der Waals surface area contributed by atoms with Crippen LogP contribution in [-0.4, -0.2) is 59.1 Å². The predicted octanol–water partition coefficient (Wildman–Crippen LogP) is 2.45. The minimum Gasteiger partial charge on any atom is -0.388 e. The third kappa shape index (κ3) is 4.12. The van der Waals surface area contributed by atoms with Crippen molar-refractivity contribution in [3.05, 3.63) is 35.4 Å². The molecule has 2 heterocycles. The van der Waals surface area contributed by atoms with Crippen LogP contribution >= 0.6 is 0 Å². The number of nitrogens with zero attached hydrogens (tertiary/aromatic N) is 2. The highest BCUT2D eigenvalue weighted by molar-refractivity contribution is 5.94. The van der Waals surface area contributed by atoms with E-state index in [1.54, 1.807) is 0 Å². The fourth-order valence-corrected chi connectivity index (χ4v) is 3.78. The summed E-state index contributed by atoms with van der Waals surface area (Å²) >= 11 is 0. The number of aryl methyl sites for hydroxylation is 1. The first-order chi connectivity index (χ1) is 11.1. The number of carbonyl (C=O) groups excluding carboxylic acids is 1. The Hall–Kier alpha value is -1.39. The molecule has 1 aromatic rings. The highest BCUT2D eigenvalue weighted by atomic mass is 16.3. The summed E-state index contributed by atoms with van der Waals surface area (Å²) in [6, 6.07) is 7.77. The van der Waals surface area contributed by atoms with Gasteiger partial charge in [-0.3, -0.25) is 4.79 Å². The quantitative estimate of drug-likeness (QED) is 0.931. The van der Waals surface area contributed by atoms with Crippen molar-refractivity contribution in [2.45, 2.75) is 44.6 Å². The summed E-state index contributed by atoms with van der Waals surface area (Å²) in [7, 11) is 0. The van der Waals surface area contributed by atoms with Gasteiger partial charge >= 0.3 is 0 Å². The van der Waals surface area contributed by atoms with Crippen LogP contribution in [0.3, 0.4) is 0 Å². The Morgan fingerprint density at radius 1 is 1.04 bits per heavy atom. The van der Waals surface area contributed by atoms with Crippen molar-refractivity contribution in [1.82, 2.24) is 9.80 Å². The van der Waals surface area contributed by atoms with E-state index in [1.807, 2.05) is 36.1 Å². The first-order valence-electron chi connectivity index (χ1n) is 8.86. The van der Waals surface area contributed by atoms with Crippen molar-refractivity contribution in [2.24, 2.45) is 0 Å². The van der Waals surface area contributed by atoms with Crippen LogP contribution in [0, 0.1) is 6.92 Å². The number of β-amino-alcohol motifs (C(OH)–C–C–N with tert-alkyl or cyclic N) is 1. The predicted molar refractivity (Wildman–Crippen MR) is 91.6 cm³/mol. The lowest BCUT2D eigenvalue weighted by Gasteiger charge is -2.31. The Labute approximate surface area is 139 Å². The normalized spacial score (nSPS) is 26.3. The third-order valence-electron chi connectivity index (χ3n) is 5.22. The van der Waals surface area contributed by atoms with Crippen molar-refractivity contribution in [3.63, 3.8) is 0 Å². The van der Waals surface area contributed by atoms with Gasteiger partial charge in [0.05, 0.1) is 5.60 Å². The summed E-state index contributed by atoms with van der Waals surface area (Å²) in [5.41, 5.74) is 1.28. The monoisotopic (exact) mass is 316 g/mol. The van der Waals surface area contributed by atoms with Gasteiger partial charge in [0.1, 0.15) is 0 Å². The molecule has 0 radical (unpaired) electrons. The van der Waals surface area contributed by atoms with Gasteiger partial charge in [-0.25, -0.2) is 0 Å². The molecule has 0 spiro atoms. The third-order valence-corrected chi connectivity index (χ3v) is 5.22. The largest absolute Gasteiger partial charge is 0.388 e. The van der Waals surface area contributed by atoms with Crippen LogP contribution in [-0.2, 0) is 0 Å². The molecule has 1 N–H and O–H groups in total. The summed E-state index contributed by atoms with van der Waals surface area (Å²) in [6.45, 7) is 6.40. The number of hydrogen-bond acceptors (Lipinski definition) is 3. The van der Waals surface area contributed by atoms with Crippen molar-refractivity contribution in [2.75, 3.05) is 32.7 Å². The molecular weight excluding hydrogens is 288 g/mol. The number of benzene rings is 1. The highest BCUT2D eigenvalue weighted by Crippen LogP contribution is 2.26. The van der Waals surface area contributed by atoms with Crippen LogP contribution in [0.5, 0.6) is 0 Å². The smallest absolute Gasteiger partial charge is 0.253 e. The molecule has 2 saturated heterocycles. The van der Waals surface area contributed by atoms with E-state index >= 15 is 0 Å². The average molecular weight is 316 g/mol. The second-order valence-electron chi connectivity index (χ2n) is 7.22. The molecule has 3 rings (SSSR count). The molecule has 4 heteroatoms. The molecule has 1 amide bonds. The van der Waals surface area contributed by atoms with Gasteiger partial charge in [-0.05, 0) is 64.3 Å². The standard InChI is InChI=1S/C19H28N2O2/c1-16-5-7-17(8-6-16)18(22)21-13-4-9-19(23,10-14-21)15-20-11-2-3-12-20/h5-8,23H,2-4,9-15H2,1H3. The number of aliphatic hydroxyl groups is 1. The van der Waals surface area contributed by atoms with Gasteiger partial charge < -0.3 is 14.9 Å². The summed E-state index contributed by atoms with van der Waals surface area (Å²) in [5.74, 6) is 0.0930. The molecule has 1 aromatic carbocycles. The van der Waals surface area contributed by atoms with E-state index < -0.39 is 5.60 Å². The van der Waals surface area contributed by atoms with Crippen molar-refractivity contribution in [1.29, 1.82) is 0 Å². The molecular formula is C19H28N2O2. The van der Waals surface area contributed by atoms with E-state index in [4.69, 9.17) is 0 Å². The van der Waals surface area contributed by atoms with Crippen molar-refractivity contribution < 1.29 is 9.90 Å². The minimum absolute atomic E-state index is 0.0930. The first-order valence-corrected chi connectivity index (χ1v) is 8.86. The first kappa shape index (κ1) is 16.5. The van der Waals surface area contributed by atoms with E-state index in [2.05, 4.69) is 4.90 Å². The van der Waals surface area contributed by atoms with Crippen LogP contribution in [0.2, 0.25) is 0 Å². The van der Waals surface area contributed by atoms with Crippen molar-refractivity contribution in [3.8, 4) is 0 Å². The van der Waals surface area contributed by atoms with Gasteiger partial charge in [0.25, 0.3) is 5.91 Å². The molecule has 0 saturated carbocycles. The second kappa shape index (κ2) is 7.02. The second-order valence-corrected chi connectivity index (χ2v) is 7.22. The van der Waals surface area contributed by atoms with Crippen LogP contribution in [0.15, 0.2) is 24.3 Å². The molecule has 4 nitrogen and oxygen atoms in total. The SMILES string of the molecule is Cc1ccc(C(=O)N2CCCC(O)(CN3CCCC3)CC2)cc1. The average Bonchev–Trinajstić information content (AvgIpc) is 2.95. The van der Waals surface area contributed by atoms with Crippen LogP contribution < -0.4 is 0 Å². The van der Waals surface area contributed by atoms with Gasteiger partial charge in [-0.2, -0.15) is 0 Å². The summed E-state index contributed by atoms with van der Waals surface area (Å²) in [4.78, 5) is 16.9. The zero-order valence-corrected chi connectivity index (χ0v) is 14.1. The van der Waals surface area contributed by atoms with Gasteiger partial charge in [-0.15, -0.1) is 0 Å². The molecule has 0 bridgehead atoms. The number of amides is 1. The molecule has 1 unspecified atom stereocenters. The van der Waals surface area contributed by atoms with E-state index in [0.29, 0.717) is 13.0 Å². The molecule has 2 aliphatic heterocycles. The van der Waals surface area contributed by atoms with E-state index in [9.17, 15) is 9.90 Å². The molecule has 0 aliphatic carbocycles. The Balaban J connectivity index is 1.61. The maximum absolute atomic E-state index is 12.7. The lowest BCUT2D eigenvalue weighted by molar-refractivity contribution is -0.00290. The lowest BCUT2D eigenvalue weighted by Crippen LogP contribution is -2.43. The molecule has 1 atom stereocenters. The molecule has 0 aromatic heterocycles. The minimum atomic E-state index is -0.632. The van der Waals surface area contributed by atoms with Gasteiger partial charge in [0, 0.05) is 25.2 Å². The fraction of sp³-hybridized carbons (Fsp3) is 0.632. The summed E-state index contributed by atoms with van der Waals surface area (Å²) in [6.07, 6.45) is 4.84. The maximum Gasteiger partial charge on any atom is 0.253 e. The van der Waals surface area contributed by atoms with Crippen LogP contribution in [0.4, 0.5) is 0 Å². The van der Waals surface area contributed by atoms with Gasteiger partial charge in [-0.1, -0.05) is 17.7 Å². The maximum atomic E-state index is 12.7. The number of likely N-dealkylation sites (tertiary alicyclic amines) is 2.